The highest BCUT2D eigenvalue weighted by Crippen LogP contribution is 2.17. The quantitative estimate of drug-likeness (QED) is 0.692. The molecule has 0 aliphatic rings. The number of hydrogen-bond acceptors (Lipinski definition) is 6. The van der Waals surface area contributed by atoms with Gasteiger partial charge in [-0.2, -0.15) is 5.10 Å². The van der Waals surface area contributed by atoms with Crippen molar-refractivity contribution in [2.24, 2.45) is 5.73 Å². The molecule has 0 saturated carbocycles. The molecule has 104 valence electrons. The molecule has 3 N–H and O–H groups in total. The first-order valence-corrected chi connectivity index (χ1v) is 5.92. The summed E-state index contributed by atoms with van der Waals surface area (Å²) in [5, 5.41) is 7.29. The van der Waals surface area contributed by atoms with E-state index in [4.69, 9.17) is 5.73 Å². The molecule has 0 unspecified atom stereocenters. The molecule has 0 spiro atoms. The number of nitrogens with zero attached hydrogens (tertiary/aromatic N) is 3. The SMILES string of the molecule is NC(=O)Oc1ccc(C(=O)c2n[nH]c3ncccc23)cn1. The number of hydrogen-bond donors (Lipinski definition) is 2. The molecule has 0 aliphatic heterocycles. The van der Waals surface area contributed by atoms with E-state index in [-0.39, 0.29) is 17.4 Å². The molecular formula is C13H9N5O3. The van der Waals surface area contributed by atoms with Crippen molar-refractivity contribution < 1.29 is 14.3 Å². The first-order chi connectivity index (χ1) is 10.1. The molecule has 3 aromatic rings. The predicted molar refractivity (Wildman–Crippen MR) is 71.8 cm³/mol. The molecule has 1 amide bonds. The summed E-state index contributed by atoms with van der Waals surface area (Å²) in [7, 11) is 0. The Morgan fingerprint density at radius 1 is 1.19 bits per heavy atom. The first kappa shape index (κ1) is 12.7. The number of rotatable bonds is 3. The van der Waals surface area contributed by atoms with Gasteiger partial charge in [-0.1, -0.05) is 0 Å². The molecule has 0 atom stereocenters. The van der Waals surface area contributed by atoms with Gasteiger partial charge in [-0.15, -0.1) is 0 Å². The maximum atomic E-state index is 12.4. The largest absolute Gasteiger partial charge is 0.411 e. The Hall–Kier alpha value is -3.29. The third kappa shape index (κ3) is 2.41. The van der Waals surface area contributed by atoms with Crippen LogP contribution in [0.4, 0.5) is 4.79 Å². The summed E-state index contributed by atoms with van der Waals surface area (Å²) >= 11 is 0. The lowest BCUT2D eigenvalue weighted by molar-refractivity contribution is 0.103. The zero-order chi connectivity index (χ0) is 14.8. The van der Waals surface area contributed by atoms with Crippen LogP contribution in [-0.4, -0.2) is 32.0 Å². The Bertz CT molecular complexity index is 825. The second-order valence-electron chi connectivity index (χ2n) is 4.11. The number of carbonyl (C=O) groups excluding carboxylic acids is 2. The predicted octanol–water partition coefficient (Wildman–Crippen LogP) is 1.04. The number of amides is 1. The number of ketones is 1. The van der Waals surface area contributed by atoms with Gasteiger partial charge in [0.05, 0.1) is 5.39 Å². The van der Waals surface area contributed by atoms with E-state index in [0.29, 0.717) is 16.6 Å². The fraction of sp³-hybridized carbons (Fsp3) is 0. The number of primary amides is 1. The molecule has 8 heteroatoms. The molecule has 0 saturated heterocycles. The third-order valence-electron chi connectivity index (χ3n) is 2.76. The van der Waals surface area contributed by atoms with Crippen LogP contribution < -0.4 is 10.5 Å². The van der Waals surface area contributed by atoms with Crippen molar-refractivity contribution in [3.8, 4) is 5.88 Å². The average Bonchev–Trinajstić information content (AvgIpc) is 2.90. The lowest BCUT2D eigenvalue weighted by Gasteiger charge is -2.01. The van der Waals surface area contributed by atoms with Crippen molar-refractivity contribution in [2.75, 3.05) is 0 Å². The maximum Gasteiger partial charge on any atom is 0.411 e. The summed E-state index contributed by atoms with van der Waals surface area (Å²) in [4.78, 5) is 30.9. The van der Waals surface area contributed by atoms with Crippen molar-refractivity contribution >= 4 is 22.9 Å². The van der Waals surface area contributed by atoms with Gasteiger partial charge in [-0.3, -0.25) is 9.89 Å². The molecule has 3 rings (SSSR count). The molecule has 0 bridgehead atoms. The summed E-state index contributed by atoms with van der Waals surface area (Å²) in [5.74, 6) is -0.292. The molecule has 0 radical (unpaired) electrons. The van der Waals surface area contributed by atoms with Crippen molar-refractivity contribution in [2.45, 2.75) is 0 Å². The highest BCUT2D eigenvalue weighted by Gasteiger charge is 2.17. The molecule has 0 fully saturated rings. The molecule has 0 aromatic carbocycles. The van der Waals surface area contributed by atoms with E-state index in [0.717, 1.165) is 0 Å². The smallest absolute Gasteiger partial charge is 0.391 e. The Labute approximate surface area is 118 Å². The molecule has 0 aliphatic carbocycles. The fourth-order valence-corrected chi connectivity index (χ4v) is 1.84. The van der Waals surface area contributed by atoms with Crippen LogP contribution in [0.15, 0.2) is 36.7 Å². The number of H-pyrrole nitrogens is 1. The summed E-state index contributed by atoms with van der Waals surface area (Å²) in [6, 6.07) is 6.32. The van der Waals surface area contributed by atoms with Gasteiger partial charge in [-0.05, 0) is 18.2 Å². The van der Waals surface area contributed by atoms with Crippen LogP contribution in [0.1, 0.15) is 16.1 Å². The Morgan fingerprint density at radius 2 is 2.05 bits per heavy atom. The fourth-order valence-electron chi connectivity index (χ4n) is 1.84. The van der Waals surface area contributed by atoms with Crippen molar-refractivity contribution in [3.63, 3.8) is 0 Å². The Balaban J connectivity index is 1.93. The number of ether oxygens (including phenoxy) is 1. The summed E-state index contributed by atoms with van der Waals surface area (Å²) in [6.45, 7) is 0. The van der Waals surface area contributed by atoms with Gasteiger partial charge in [0.2, 0.25) is 11.7 Å². The number of aromatic nitrogens is 4. The molecule has 3 heterocycles. The number of nitrogens with one attached hydrogen (secondary N) is 1. The minimum Gasteiger partial charge on any atom is -0.391 e. The number of aromatic amines is 1. The van der Waals surface area contributed by atoms with Gasteiger partial charge >= 0.3 is 6.09 Å². The van der Waals surface area contributed by atoms with E-state index in [9.17, 15) is 9.59 Å². The Morgan fingerprint density at radius 3 is 2.76 bits per heavy atom. The van der Waals surface area contributed by atoms with Gasteiger partial charge in [0.25, 0.3) is 0 Å². The zero-order valence-electron chi connectivity index (χ0n) is 10.6. The van der Waals surface area contributed by atoms with E-state index >= 15 is 0 Å². The lowest BCUT2D eigenvalue weighted by atomic mass is 10.1. The molecular weight excluding hydrogens is 274 g/mol. The van der Waals surface area contributed by atoms with Crippen molar-refractivity contribution in [1.29, 1.82) is 0 Å². The summed E-state index contributed by atoms with van der Waals surface area (Å²) in [6.07, 6.45) is 1.93. The van der Waals surface area contributed by atoms with Crippen LogP contribution in [0.25, 0.3) is 11.0 Å². The summed E-state index contributed by atoms with van der Waals surface area (Å²) in [5.41, 5.74) is 5.97. The van der Waals surface area contributed by atoms with E-state index in [1.165, 1.54) is 18.3 Å². The maximum absolute atomic E-state index is 12.4. The number of carbonyl (C=O) groups is 2. The second-order valence-corrected chi connectivity index (χ2v) is 4.11. The minimum absolute atomic E-state index is 0.0209. The van der Waals surface area contributed by atoms with Gasteiger partial charge < -0.3 is 10.5 Å². The van der Waals surface area contributed by atoms with Gasteiger partial charge in [-0.25, -0.2) is 14.8 Å². The number of pyridine rings is 2. The van der Waals surface area contributed by atoms with Crippen LogP contribution in [0.2, 0.25) is 0 Å². The lowest BCUT2D eigenvalue weighted by Crippen LogP contribution is -2.17. The molecule has 8 nitrogen and oxygen atoms in total. The van der Waals surface area contributed by atoms with E-state index in [1.54, 1.807) is 18.3 Å². The molecule has 3 aromatic heterocycles. The Kier molecular flexibility index (Phi) is 3.03. The number of nitrogens with two attached hydrogens (primary N) is 1. The van der Waals surface area contributed by atoms with Crippen molar-refractivity contribution in [3.05, 3.63) is 47.9 Å². The average molecular weight is 283 g/mol. The van der Waals surface area contributed by atoms with Crippen LogP contribution in [0, 0.1) is 0 Å². The third-order valence-corrected chi connectivity index (χ3v) is 2.76. The van der Waals surface area contributed by atoms with Gasteiger partial charge in [0, 0.05) is 24.0 Å². The van der Waals surface area contributed by atoms with Crippen molar-refractivity contribution in [1.82, 2.24) is 20.2 Å². The minimum atomic E-state index is -0.967. The van der Waals surface area contributed by atoms with Crippen LogP contribution in [0.3, 0.4) is 0 Å². The van der Waals surface area contributed by atoms with Crippen LogP contribution in [0.5, 0.6) is 5.88 Å². The number of fused-ring (bicyclic) bond motifs is 1. The normalized spacial score (nSPS) is 10.5. The molecule has 21 heavy (non-hydrogen) atoms. The highest BCUT2D eigenvalue weighted by molar-refractivity contribution is 6.14. The zero-order valence-corrected chi connectivity index (χ0v) is 10.6. The van der Waals surface area contributed by atoms with Gasteiger partial charge in [0.15, 0.2) is 5.65 Å². The first-order valence-electron chi connectivity index (χ1n) is 5.92. The highest BCUT2D eigenvalue weighted by atomic mass is 16.6. The van der Waals surface area contributed by atoms with E-state index < -0.39 is 6.09 Å². The standard InChI is InChI=1S/C13H9N5O3/c14-13(20)21-9-4-3-7(6-16-9)11(19)10-8-2-1-5-15-12(8)18-17-10/h1-6H,(H2,14,20)(H,15,17,18). The van der Waals surface area contributed by atoms with Gasteiger partial charge in [0.1, 0.15) is 5.69 Å². The van der Waals surface area contributed by atoms with E-state index in [2.05, 4.69) is 24.9 Å². The van der Waals surface area contributed by atoms with Crippen LogP contribution in [-0.2, 0) is 0 Å². The summed E-state index contributed by atoms with van der Waals surface area (Å²) < 4.78 is 4.59. The topological polar surface area (TPSA) is 124 Å². The second kappa shape index (κ2) is 5.00. The van der Waals surface area contributed by atoms with Crippen LogP contribution >= 0.6 is 0 Å². The van der Waals surface area contributed by atoms with E-state index in [1.807, 2.05) is 0 Å². The monoisotopic (exact) mass is 283 g/mol.